The van der Waals surface area contributed by atoms with Gasteiger partial charge in [0.1, 0.15) is 0 Å². The number of nitrogens with two attached hydrogens (primary N) is 1. The lowest BCUT2D eigenvalue weighted by atomic mass is 10.1. The summed E-state index contributed by atoms with van der Waals surface area (Å²) in [5.41, 5.74) is 6.63. The van der Waals surface area contributed by atoms with Crippen LogP contribution in [0.5, 0.6) is 11.5 Å². The van der Waals surface area contributed by atoms with E-state index in [1.54, 1.807) is 14.2 Å². The Morgan fingerprint density at radius 1 is 1.33 bits per heavy atom. The van der Waals surface area contributed by atoms with E-state index in [9.17, 15) is 4.79 Å². The van der Waals surface area contributed by atoms with E-state index >= 15 is 0 Å². The molecule has 6 heteroatoms. The van der Waals surface area contributed by atoms with E-state index in [-0.39, 0.29) is 24.4 Å². The van der Waals surface area contributed by atoms with Crippen molar-refractivity contribution in [3.05, 3.63) is 23.8 Å². The van der Waals surface area contributed by atoms with Crippen LogP contribution in [0.25, 0.3) is 0 Å². The highest BCUT2D eigenvalue weighted by atomic mass is 35.5. The molecule has 0 saturated carbocycles. The minimum atomic E-state index is 0. The molecule has 1 aliphatic rings. The fourth-order valence-electron chi connectivity index (χ4n) is 2.68. The van der Waals surface area contributed by atoms with Gasteiger partial charge in [0.05, 0.1) is 20.6 Å². The molecule has 0 bridgehead atoms. The number of halogens is 1. The molecular formula is C15H23ClN2O3. The number of ether oxygens (including phenoxy) is 2. The zero-order valence-electron chi connectivity index (χ0n) is 12.5. The second-order valence-electron chi connectivity index (χ2n) is 4.98. The highest BCUT2D eigenvalue weighted by Crippen LogP contribution is 2.28. The highest BCUT2D eigenvalue weighted by Gasteiger charge is 2.27. The average Bonchev–Trinajstić information content (AvgIpc) is 2.95. The largest absolute Gasteiger partial charge is 0.493 e. The maximum Gasteiger partial charge on any atom is 0.227 e. The molecule has 1 atom stereocenters. The van der Waals surface area contributed by atoms with Crippen LogP contribution >= 0.6 is 12.4 Å². The quantitative estimate of drug-likeness (QED) is 0.897. The van der Waals surface area contributed by atoms with Crippen LogP contribution in [0.1, 0.15) is 18.4 Å². The first-order chi connectivity index (χ1) is 9.69. The first-order valence-electron chi connectivity index (χ1n) is 6.90. The second kappa shape index (κ2) is 8.10. The van der Waals surface area contributed by atoms with Crippen LogP contribution in [-0.4, -0.2) is 44.2 Å². The molecule has 0 spiro atoms. The first-order valence-corrected chi connectivity index (χ1v) is 6.90. The van der Waals surface area contributed by atoms with Crippen molar-refractivity contribution < 1.29 is 14.3 Å². The van der Waals surface area contributed by atoms with Gasteiger partial charge in [-0.25, -0.2) is 0 Å². The zero-order chi connectivity index (χ0) is 14.5. The first kappa shape index (κ1) is 17.6. The molecular weight excluding hydrogens is 292 g/mol. The van der Waals surface area contributed by atoms with Gasteiger partial charge in [0.25, 0.3) is 0 Å². The van der Waals surface area contributed by atoms with Crippen molar-refractivity contribution in [2.45, 2.75) is 25.3 Å². The van der Waals surface area contributed by atoms with E-state index in [4.69, 9.17) is 15.2 Å². The Labute approximate surface area is 131 Å². The number of nitrogens with zero attached hydrogens (tertiary/aromatic N) is 1. The van der Waals surface area contributed by atoms with Gasteiger partial charge in [-0.05, 0) is 30.5 Å². The third kappa shape index (κ3) is 4.02. The summed E-state index contributed by atoms with van der Waals surface area (Å²) in [5.74, 6) is 1.45. The summed E-state index contributed by atoms with van der Waals surface area (Å²) in [6.45, 7) is 1.35. The fourth-order valence-corrected chi connectivity index (χ4v) is 2.68. The molecule has 0 radical (unpaired) electrons. The monoisotopic (exact) mass is 314 g/mol. The van der Waals surface area contributed by atoms with Gasteiger partial charge in [-0.2, -0.15) is 0 Å². The number of hydrogen-bond donors (Lipinski definition) is 1. The van der Waals surface area contributed by atoms with E-state index in [0.29, 0.717) is 24.5 Å². The predicted molar refractivity (Wildman–Crippen MR) is 84.3 cm³/mol. The molecule has 1 aromatic rings. The number of carbonyl (C=O) groups is 1. The van der Waals surface area contributed by atoms with E-state index in [1.807, 2.05) is 23.1 Å². The summed E-state index contributed by atoms with van der Waals surface area (Å²) in [6, 6.07) is 5.77. The van der Waals surface area contributed by atoms with E-state index in [1.165, 1.54) is 0 Å². The van der Waals surface area contributed by atoms with E-state index in [0.717, 1.165) is 24.9 Å². The Morgan fingerprint density at radius 3 is 2.67 bits per heavy atom. The minimum Gasteiger partial charge on any atom is -0.493 e. The highest BCUT2D eigenvalue weighted by molar-refractivity contribution is 5.85. The van der Waals surface area contributed by atoms with Crippen LogP contribution in [0.4, 0.5) is 0 Å². The molecule has 0 aromatic heterocycles. The molecule has 1 fully saturated rings. The van der Waals surface area contributed by atoms with Crippen LogP contribution in [0.3, 0.4) is 0 Å². The van der Waals surface area contributed by atoms with Crippen LogP contribution in [0.2, 0.25) is 0 Å². The molecule has 5 nitrogen and oxygen atoms in total. The van der Waals surface area contributed by atoms with Crippen LogP contribution in [0.15, 0.2) is 18.2 Å². The molecule has 21 heavy (non-hydrogen) atoms. The number of carbonyl (C=O) groups excluding carboxylic acids is 1. The molecule has 1 unspecified atom stereocenters. The smallest absolute Gasteiger partial charge is 0.227 e. The summed E-state index contributed by atoms with van der Waals surface area (Å²) >= 11 is 0. The van der Waals surface area contributed by atoms with Crippen molar-refractivity contribution in [1.29, 1.82) is 0 Å². The van der Waals surface area contributed by atoms with Gasteiger partial charge in [-0.1, -0.05) is 6.07 Å². The third-order valence-corrected chi connectivity index (χ3v) is 3.77. The van der Waals surface area contributed by atoms with Crippen molar-refractivity contribution in [1.82, 2.24) is 4.90 Å². The molecule has 1 saturated heterocycles. The average molecular weight is 315 g/mol. The third-order valence-electron chi connectivity index (χ3n) is 3.77. The zero-order valence-corrected chi connectivity index (χ0v) is 13.3. The van der Waals surface area contributed by atoms with Gasteiger partial charge in [-0.3, -0.25) is 4.79 Å². The van der Waals surface area contributed by atoms with Crippen molar-refractivity contribution in [2.75, 3.05) is 27.3 Å². The summed E-state index contributed by atoms with van der Waals surface area (Å²) in [7, 11) is 3.19. The molecule has 1 aromatic carbocycles. The van der Waals surface area contributed by atoms with Gasteiger partial charge in [0, 0.05) is 19.1 Å². The molecule has 1 amide bonds. The van der Waals surface area contributed by atoms with E-state index < -0.39 is 0 Å². The molecule has 2 N–H and O–H groups in total. The number of hydrogen-bond acceptors (Lipinski definition) is 4. The lowest BCUT2D eigenvalue weighted by Crippen LogP contribution is -2.40. The fraction of sp³-hybridized carbons (Fsp3) is 0.533. The van der Waals surface area contributed by atoms with Crippen LogP contribution in [0, 0.1) is 0 Å². The lowest BCUT2D eigenvalue weighted by molar-refractivity contribution is -0.131. The predicted octanol–water partition coefficient (Wildman–Crippen LogP) is 1.62. The second-order valence-corrected chi connectivity index (χ2v) is 4.98. The standard InChI is InChI=1S/C15H22N2O3.ClH/c1-19-13-6-5-11(8-14(13)20-2)9-15(18)17-7-3-4-12(17)10-16;/h5-6,8,12H,3-4,7,9-10,16H2,1-2H3;1H. The van der Waals surface area contributed by atoms with Gasteiger partial charge < -0.3 is 20.1 Å². The number of amides is 1. The van der Waals surface area contributed by atoms with Crippen LogP contribution < -0.4 is 15.2 Å². The Balaban J connectivity index is 0.00000220. The maximum atomic E-state index is 12.3. The Kier molecular flexibility index (Phi) is 6.78. The molecule has 1 aliphatic heterocycles. The Bertz CT molecular complexity index is 482. The van der Waals surface area contributed by atoms with Crippen molar-refractivity contribution >= 4 is 18.3 Å². The lowest BCUT2D eigenvalue weighted by Gasteiger charge is -2.23. The van der Waals surface area contributed by atoms with Crippen molar-refractivity contribution in [2.24, 2.45) is 5.73 Å². The topological polar surface area (TPSA) is 64.8 Å². The van der Waals surface area contributed by atoms with Gasteiger partial charge in [-0.15, -0.1) is 12.4 Å². The molecule has 1 heterocycles. The van der Waals surface area contributed by atoms with Crippen molar-refractivity contribution in [3.8, 4) is 11.5 Å². The van der Waals surface area contributed by atoms with Crippen LogP contribution in [-0.2, 0) is 11.2 Å². The summed E-state index contributed by atoms with van der Waals surface area (Å²) in [6.07, 6.45) is 2.42. The van der Waals surface area contributed by atoms with Gasteiger partial charge in [0.15, 0.2) is 11.5 Å². The van der Waals surface area contributed by atoms with Crippen molar-refractivity contribution in [3.63, 3.8) is 0 Å². The van der Waals surface area contributed by atoms with Gasteiger partial charge in [0.2, 0.25) is 5.91 Å². The Morgan fingerprint density at radius 2 is 2.05 bits per heavy atom. The summed E-state index contributed by atoms with van der Waals surface area (Å²) < 4.78 is 10.4. The molecule has 118 valence electrons. The minimum absolute atomic E-state index is 0. The maximum absolute atomic E-state index is 12.3. The molecule has 2 rings (SSSR count). The number of likely N-dealkylation sites (tertiary alicyclic amines) is 1. The normalized spacial score (nSPS) is 17.3. The Hall–Kier alpha value is -1.46. The number of methoxy groups -OCH3 is 2. The SMILES string of the molecule is COc1ccc(CC(=O)N2CCCC2CN)cc1OC.Cl. The van der Waals surface area contributed by atoms with Gasteiger partial charge >= 0.3 is 0 Å². The summed E-state index contributed by atoms with van der Waals surface area (Å²) in [4.78, 5) is 14.2. The van der Waals surface area contributed by atoms with E-state index in [2.05, 4.69) is 0 Å². The number of benzene rings is 1. The summed E-state index contributed by atoms with van der Waals surface area (Å²) in [5, 5.41) is 0. The number of rotatable bonds is 5. The molecule has 0 aliphatic carbocycles.